The van der Waals surface area contributed by atoms with Gasteiger partial charge in [0, 0.05) is 5.41 Å². The van der Waals surface area contributed by atoms with Gasteiger partial charge in [-0.2, -0.15) is 0 Å². The van der Waals surface area contributed by atoms with Crippen molar-refractivity contribution in [3.05, 3.63) is 11.6 Å². The molecular formula is C22H32O. The van der Waals surface area contributed by atoms with E-state index in [-0.39, 0.29) is 11.5 Å². The van der Waals surface area contributed by atoms with E-state index in [0.29, 0.717) is 10.8 Å². The number of aliphatic hydroxyl groups is 1. The number of hydrogen-bond donors (Lipinski definition) is 1. The summed E-state index contributed by atoms with van der Waals surface area (Å²) in [5.41, 5.74) is 2.34. The zero-order valence-corrected chi connectivity index (χ0v) is 15.1. The molecule has 0 aromatic carbocycles. The van der Waals surface area contributed by atoms with Crippen molar-refractivity contribution in [2.75, 3.05) is 0 Å². The van der Waals surface area contributed by atoms with Gasteiger partial charge >= 0.3 is 0 Å². The fourth-order valence-corrected chi connectivity index (χ4v) is 7.15. The highest BCUT2D eigenvalue weighted by Gasteiger charge is 2.61. The molecule has 4 rings (SSSR count). The van der Waals surface area contributed by atoms with Gasteiger partial charge in [-0.25, -0.2) is 0 Å². The second-order valence-corrected chi connectivity index (χ2v) is 9.63. The molecule has 7 atom stereocenters. The molecule has 0 heterocycles. The van der Waals surface area contributed by atoms with Gasteiger partial charge in [0.2, 0.25) is 0 Å². The third-order valence-corrected chi connectivity index (χ3v) is 9.00. The first-order chi connectivity index (χ1) is 10.8. The quantitative estimate of drug-likeness (QED) is 0.495. The van der Waals surface area contributed by atoms with Crippen LogP contribution < -0.4 is 0 Å². The summed E-state index contributed by atoms with van der Waals surface area (Å²) in [5.74, 6) is 5.62. The molecular weight excluding hydrogens is 280 g/mol. The molecule has 0 saturated heterocycles. The van der Waals surface area contributed by atoms with E-state index in [1.165, 1.54) is 38.5 Å². The molecule has 0 radical (unpaired) electrons. The summed E-state index contributed by atoms with van der Waals surface area (Å²) in [4.78, 5) is 0. The molecule has 4 aliphatic rings. The lowest BCUT2D eigenvalue weighted by Gasteiger charge is -2.58. The topological polar surface area (TPSA) is 20.2 Å². The first-order valence-corrected chi connectivity index (χ1v) is 9.69. The Labute approximate surface area is 141 Å². The van der Waals surface area contributed by atoms with Gasteiger partial charge in [-0.05, 0) is 86.9 Å². The lowest BCUT2D eigenvalue weighted by molar-refractivity contribution is -0.0590. The maximum atomic E-state index is 10.1. The highest BCUT2D eigenvalue weighted by molar-refractivity contribution is 5.27. The van der Waals surface area contributed by atoms with Crippen LogP contribution in [0.15, 0.2) is 11.6 Å². The van der Waals surface area contributed by atoms with E-state index in [1.807, 2.05) is 0 Å². The molecule has 3 saturated carbocycles. The smallest absolute Gasteiger partial charge is 0.0577 e. The summed E-state index contributed by atoms with van der Waals surface area (Å²) in [6.45, 7) is 7.34. The van der Waals surface area contributed by atoms with Crippen molar-refractivity contribution in [2.24, 2.45) is 34.0 Å². The van der Waals surface area contributed by atoms with Gasteiger partial charge in [0.05, 0.1) is 6.10 Å². The number of hydrogen-bond acceptors (Lipinski definition) is 1. The standard InChI is InChI=1S/C22H32O/c1-5-20(2)11-9-19-17-7-6-15-14-16(23)8-12-21(15,3)18(17)10-13-22(19,20)4/h1,6,16-19,23H,7-14H2,2-4H3/t16-,17?,18?,19?,20-,21+,22+/m1/s1. The first-order valence-electron chi connectivity index (χ1n) is 9.69. The molecule has 1 heteroatoms. The van der Waals surface area contributed by atoms with Crippen LogP contribution in [0.3, 0.4) is 0 Å². The Kier molecular flexibility index (Phi) is 3.35. The van der Waals surface area contributed by atoms with Crippen LogP contribution in [0.5, 0.6) is 0 Å². The average Bonchev–Trinajstić information content (AvgIpc) is 2.80. The number of fused-ring (bicyclic) bond motifs is 5. The Balaban J connectivity index is 1.69. The van der Waals surface area contributed by atoms with E-state index in [2.05, 4.69) is 32.8 Å². The van der Waals surface area contributed by atoms with E-state index >= 15 is 0 Å². The third-order valence-electron chi connectivity index (χ3n) is 9.00. The highest BCUT2D eigenvalue weighted by atomic mass is 16.3. The van der Waals surface area contributed by atoms with Crippen molar-refractivity contribution >= 4 is 0 Å². The van der Waals surface area contributed by atoms with Crippen molar-refractivity contribution in [3.8, 4) is 12.3 Å². The molecule has 0 bridgehead atoms. The second-order valence-electron chi connectivity index (χ2n) is 9.63. The monoisotopic (exact) mass is 312 g/mol. The first kappa shape index (κ1) is 15.8. The number of terminal acetylenes is 1. The fourth-order valence-electron chi connectivity index (χ4n) is 7.15. The highest BCUT2D eigenvalue weighted by Crippen LogP contribution is 2.69. The van der Waals surface area contributed by atoms with Gasteiger partial charge in [-0.1, -0.05) is 31.4 Å². The predicted molar refractivity (Wildman–Crippen MR) is 94.6 cm³/mol. The summed E-state index contributed by atoms with van der Waals surface area (Å²) < 4.78 is 0. The van der Waals surface area contributed by atoms with Crippen molar-refractivity contribution in [2.45, 2.75) is 78.2 Å². The minimum Gasteiger partial charge on any atom is -0.393 e. The van der Waals surface area contributed by atoms with Crippen LogP contribution >= 0.6 is 0 Å². The number of allylic oxidation sites excluding steroid dienone is 1. The molecule has 3 fully saturated rings. The van der Waals surface area contributed by atoms with E-state index in [4.69, 9.17) is 6.42 Å². The molecule has 23 heavy (non-hydrogen) atoms. The Morgan fingerprint density at radius 1 is 1.09 bits per heavy atom. The minimum absolute atomic E-state index is 0.0935. The molecule has 1 N–H and O–H groups in total. The van der Waals surface area contributed by atoms with Gasteiger partial charge in [0.1, 0.15) is 0 Å². The Hall–Kier alpha value is -0.740. The van der Waals surface area contributed by atoms with Gasteiger partial charge in [0.15, 0.2) is 0 Å². The molecule has 0 spiro atoms. The van der Waals surface area contributed by atoms with Gasteiger partial charge in [-0.3, -0.25) is 0 Å². The normalized spacial score (nSPS) is 55.2. The molecule has 1 nitrogen and oxygen atoms in total. The van der Waals surface area contributed by atoms with Crippen LogP contribution in [0.2, 0.25) is 0 Å². The van der Waals surface area contributed by atoms with Gasteiger partial charge in [-0.15, -0.1) is 6.42 Å². The van der Waals surface area contributed by atoms with E-state index in [0.717, 1.165) is 30.6 Å². The van der Waals surface area contributed by atoms with E-state index in [1.54, 1.807) is 5.57 Å². The van der Waals surface area contributed by atoms with E-state index in [9.17, 15) is 5.11 Å². The van der Waals surface area contributed by atoms with Crippen LogP contribution in [-0.2, 0) is 0 Å². The molecule has 0 aromatic heterocycles. The molecule has 0 amide bonds. The maximum absolute atomic E-state index is 10.1. The molecule has 126 valence electrons. The maximum Gasteiger partial charge on any atom is 0.0577 e. The lowest BCUT2D eigenvalue weighted by Crippen LogP contribution is -2.51. The zero-order valence-electron chi connectivity index (χ0n) is 15.1. The summed E-state index contributed by atoms with van der Waals surface area (Å²) >= 11 is 0. The molecule has 3 unspecified atom stereocenters. The van der Waals surface area contributed by atoms with E-state index < -0.39 is 0 Å². The molecule has 0 aromatic rings. The Bertz CT molecular complexity index is 583. The van der Waals surface area contributed by atoms with Crippen molar-refractivity contribution in [1.29, 1.82) is 0 Å². The van der Waals surface area contributed by atoms with Crippen LogP contribution in [0.1, 0.15) is 72.1 Å². The molecule has 4 aliphatic carbocycles. The van der Waals surface area contributed by atoms with Gasteiger partial charge in [0.25, 0.3) is 0 Å². The van der Waals surface area contributed by atoms with Gasteiger partial charge < -0.3 is 5.11 Å². The minimum atomic E-state index is -0.101. The van der Waals surface area contributed by atoms with Crippen LogP contribution in [0.25, 0.3) is 0 Å². The zero-order chi connectivity index (χ0) is 16.5. The Morgan fingerprint density at radius 3 is 2.57 bits per heavy atom. The lowest BCUT2D eigenvalue weighted by atomic mass is 9.46. The molecule has 0 aliphatic heterocycles. The summed E-state index contributed by atoms with van der Waals surface area (Å²) in [5, 5.41) is 10.1. The summed E-state index contributed by atoms with van der Waals surface area (Å²) in [6.07, 6.45) is 17.9. The Morgan fingerprint density at radius 2 is 1.83 bits per heavy atom. The number of aliphatic hydroxyl groups excluding tert-OH is 1. The fraction of sp³-hybridized carbons (Fsp3) is 0.818. The van der Waals surface area contributed by atoms with Crippen LogP contribution in [-0.4, -0.2) is 11.2 Å². The second kappa shape index (κ2) is 4.89. The largest absolute Gasteiger partial charge is 0.393 e. The third kappa shape index (κ3) is 1.91. The van der Waals surface area contributed by atoms with Crippen molar-refractivity contribution in [3.63, 3.8) is 0 Å². The van der Waals surface area contributed by atoms with Crippen LogP contribution in [0, 0.1) is 46.3 Å². The SMILES string of the molecule is C#C[C@]1(C)CCC2C3CC=C4C[C@H](O)CC[C@]4(C)C3CC[C@@]21C. The summed E-state index contributed by atoms with van der Waals surface area (Å²) in [7, 11) is 0. The summed E-state index contributed by atoms with van der Waals surface area (Å²) in [6, 6.07) is 0. The average molecular weight is 312 g/mol. The van der Waals surface area contributed by atoms with Crippen molar-refractivity contribution < 1.29 is 5.11 Å². The van der Waals surface area contributed by atoms with Crippen molar-refractivity contribution in [1.82, 2.24) is 0 Å². The predicted octanol–water partition coefficient (Wildman–Crippen LogP) is 4.95. The number of rotatable bonds is 0. The van der Waals surface area contributed by atoms with Crippen LogP contribution in [0.4, 0.5) is 0 Å².